The van der Waals surface area contributed by atoms with Crippen LogP contribution in [0.4, 0.5) is 5.69 Å². The number of nitrogens with zero attached hydrogens (tertiary/aromatic N) is 4. The van der Waals surface area contributed by atoms with Gasteiger partial charge in [0.2, 0.25) is 0 Å². The summed E-state index contributed by atoms with van der Waals surface area (Å²) < 4.78 is 1.23. The lowest BCUT2D eigenvalue weighted by atomic mass is 10.1. The smallest absolute Gasteiger partial charge is 0.281 e. The zero-order valence-corrected chi connectivity index (χ0v) is 16.5. The van der Waals surface area contributed by atoms with Crippen LogP contribution >= 0.6 is 11.8 Å². The number of aryl methyl sites for hydroxylation is 1. The molecule has 1 fully saturated rings. The molecule has 0 bridgehead atoms. The number of para-hydroxylation sites is 1. The Kier molecular flexibility index (Phi) is 5.00. The lowest BCUT2D eigenvalue weighted by Crippen LogP contribution is -2.40. The Balaban J connectivity index is 1.83. The van der Waals surface area contributed by atoms with Gasteiger partial charge in [-0.2, -0.15) is 5.10 Å². The Morgan fingerprint density at radius 1 is 1.14 bits per heavy atom. The number of carbonyl (C=O) groups excluding carboxylic acids is 1. The van der Waals surface area contributed by atoms with Crippen molar-refractivity contribution in [2.45, 2.75) is 19.4 Å². The average molecular weight is 392 g/mol. The van der Waals surface area contributed by atoms with Crippen LogP contribution in [0.25, 0.3) is 10.8 Å². The van der Waals surface area contributed by atoms with Crippen LogP contribution in [0, 0.1) is 0 Å². The predicted molar refractivity (Wildman–Crippen MR) is 113 cm³/mol. The molecule has 1 amide bonds. The van der Waals surface area contributed by atoms with Crippen LogP contribution in [-0.4, -0.2) is 37.5 Å². The van der Waals surface area contributed by atoms with Gasteiger partial charge in [0.1, 0.15) is 0 Å². The minimum atomic E-state index is -0.224. The number of benzene rings is 2. The number of amidine groups is 1. The molecule has 7 heteroatoms. The minimum Gasteiger partial charge on any atom is -0.282 e. The Labute approximate surface area is 166 Å². The molecule has 2 aromatic carbocycles. The highest BCUT2D eigenvalue weighted by Crippen LogP contribution is 2.30. The largest absolute Gasteiger partial charge is 0.282 e. The first-order valence-electron chi connectivity index (χ1n) is 9.16. The van der Waals surface area contributed by atoms with Crippen LogP contribution in [0.15, 0.2) is 64.4 Å². The van der Waals surface area contributed by atoms with E-state index in [1.165, 1.54) is 4.68 Å². The van der Waals surface area contributed by atoms with Crippen LogP contribution in [0.5, 0.6) is 0 Å². The Morgan fingerprint density at radius 3 is 2.54 bits per heavy atom. The summed E-state index contributed by atoms with van der Waals surface area (Å²) in [5.74, 6) is 0.566. The van der Waals surface area contributed by atoms with Crippen molar-refractivity contribution < 1.29 is 4.79 Å². The molecule has 2 heterocycles. The number of hydrogen-bond donors (Lipinski definition) is 0. The molecule has 28 heavy (non-hydrogen) atoms. The second kappa shape index (κ2) is 7.59. The molecular weight excluding hydrogens is 372 g/mol. The normalized spacial score (nSPS) is 18.1. The van der Waals surface area contributed by atoms with Crippen molar-refractivity contribution in [2.24, 2.45) is 12.0 Å². The topological polar surface area (TPSA) is 67.6 Å². The molecule has 1 aliphatic heterocycles. The van der Waals surface area contributed by atoms with Crippen LogP contribution in [0.1, 0.15) is 23.8 Å². The highest BCUT2D eigenvalue weighted by molar-refractivity contribution is 8.14. The van der Waals surface area contributed by atoms with E-state index in [0.29, 0.717) is 15.9 Å². The van der Waals surface area contributed by atoms with E-state index in [1.807, 2.05) is 36.4 Å². The first kappa shape index (κ1) is 18.4. The Morgan fingerprint density at radius 2 is 1.82 bits per heavy atom. The predicted octanol–water partition coefficient (Wildman–Crippen LogP) is 3.59. The van der Waals surface area contributed by atoms with Crippen molar-refractivity contribution >= 4 is 39.3 Å². The molecule has 4 rings (SSSR count). The molecule has 0 radical (unpaired) electrons. The number of aromatic nitrogens is 2. The second-order valence-electron chi connectivity index (χ2n) is 6.60. The van der Waals surface area contributed by atoms with Crippen LogP contribution < -0.4 is 5.56 Å². The molecule has 0 saturated carbocycles. The van der Waals surface area contributed by atoms with Crippen molar-refractivity contribution in [3.05, 3.63) is 70.6 Å². The van der Waals surface area contributed by atoms with Crippen molar-refractivity contribution in [1.29, 1.82) is 0 Å². The van der Waals surface area contributed by atoms with Gasteiger partial charge >= 0.3 is 0 Å². The van der Waals surface area contributed by atoms with Crippen LogP contribution in [0.3, 0.4) is 0 Å². The molecule has 0 aliphatic carbocycles. The summed E-state index contributed by atoms with van der Waals surface area (Å²) >= 11 is 1.57. The maximum absolute atomic E-state index is 13.5. The third kappa shape index (κ3) is 3.22. The number of carbonyl (C=O) groups is 1. The second-order valence-corrected chi connectivity index (χ2v) is 7.59. The summed E-state index contributed by atoms with van der Waals surface area (Å²) in [7, 11) is 1.57. The number of hydrogen-bond acceptors (Lipinski definition) is 5. The van der Waals surface area contributed by atoms with E-state index >= 15 is 0 Å². The number of rotatable bonds is 3. The molecule has 1 atom stereocenters. The van der Waals surface area contributed by atoms with Gasteiger partial charge in [-0.3, -0.25) is 14.5 Å². The summed E-state index contributed by atoms with van der Waals surface area (Å²) in [5, 5.41) is 6.03. The monoisotopic (exact) mass is 392 g/mol. The molecule has 6 nitrogen and oxygen atoms in total. The number of aliphatic imine (C=N–C) groups is 1. The van der Waals surface area contributed by atoms with E-state index in [0.717, 1.165) is 17.9 Å². The summed E-state index contributed by atoms with van der Waals surface area (Å²) in [6.45, 7) is 2.06. The van der Waals surface area contributed by atoms with Crippen molar-refractivity contribution in [3.8, 4) is 0 Å². The summed E-state index contributed by atoms with van der Waals surface area (Å²) in [4.78, 5) is 32.4. The Hall–Kier alpha value is -2.93. The van der Waals surface area contributed by atoms with Gasteiger partial charge in [-0.1, -0.05) is 55.1 Å². The molecule has 0 N–H and O–H groups in total. The van der Waals surface area contributed by atoms with E-state index in [4.69, 9.17) is 4.99 Å². The highest BCUT2D eigenvalue weighted by Gasteiger charge is 2.36. The summed E-state index contributed by atoms with van der Waals surface area (Å²) in [6, 6.07) is 16.7. The number of amides is 1. The molecule has 0 unspecified atom stereocenters. The van der Waals surface area contributed by atoms with E-state index < -0.39 is 0 Å². The van der Waals surface area contributed by atoms with Gasteiger partial charge in [-0.05, 0) is 24.6 Å². The van der Waals surface area contributed by atoms with Gasteiger partial charge in [0.25, 0.3) is 11.5 Å². The summed E-state index contributed by atoms with van der Waals surface area (Å²) in [5.41, 5.74) is 0.866. The first-order valence-corrected chi connectivity index (χ1v) is 10.1. The van der Waals surface area contributed by atoms with E-state index in [2.05, 4.69) is 12.0 Å². The van der Waals surface area contributed by atoms with Crippen LogP contribution in [-0.2, 0) is 7.05 Å². The quantitative estimate of drug-likeness (QED) is 0.683. The molecule has 1 aliphatic rings. The maximum atomic E-state index is 13.5. The van der Waals surface area contributed by atoms with Gasteiger partial charge in [0.05, 0.1) is 11.1 Å². The lowest BCUT2D eigenvalue weighted by Gasteiger charge is -2.23. The standard InChI is InChI=1S/C21H20N4O2S/c1-3-15-13-28-21(22-14-9-5-4-6-10-14)25(15)20(27)18-16-11-7-8-12-17(16)19(26)24(2)23-18/h4-12,15H,3,13H2,1-2H3/t15-/m0/s1. The third-order valence-corrected chi connectivity index (χ3v) is 5.90. The highest BCUT2D eigenvalue weighted by atomic mass is 32.2. The SMILES string of the molecule is CC[C@H]1CSC(=Nc2ccccc2)N1C(=O)c1nn(C)c(=O)c2ccccc12. The Bertz CT molecular complexity index is 1120. The third-order valence-electron chi connectivity index (χ3n) is 4.81. The van der Waals surface area contributed by atoms with Gasteiger partial charge in [-0.25, -0.2) is 9.67 Å². The fourth-order valence-corrected chi connectivity index (χ4v) is 4.56. The maximum Gasteiger partial charge on any atom is 0.281 e. The molecule has 142 valence electrons. The summed E-state index contributed by atoms with van der Waals surface area (Å²) in [6.07, 6.45) is 0.816. The molecular formula is C21H20N4O2S. The lowest BCUT2D eigenvalue weighted by molar-refractivity contribution is 0.0813. The zero-order valence-electron chi connectivity index (χ0n) is 15.7. The molecule has 1 saturated heterocycles. The van der Waals surface area contributed by atoms with Crippen molar-refractivity contribution in [2.75, 3.05) is 5.75 Å². The molecule has 3 aromatic rings. The fraction of sp³-hybridized carbons (Fsp3) is 0.238. The van der Waals surface area contributed by atoms with E-state index in [9.17, 15) is 9.59 Å². The van der Waals surface area contributed by atoms with Gasteiger partial charge < -0.3 is 0 Å². The number of thioether (sulfide) groups is 1. The van der Waals surface area contributed by atoms with Crippen LogP contribution in [0.2, 0.25) is 0 Å². The van der Waals surface area contributed by atoms with Crippen molar-refractivity contribution in [1.82, 2.24) is 14.7 Å². The molecule has 0 spiro atoms. The fourth-order valence-electron chi connectivity index (χ4n) is 3.29. The van der Waals surface area contributed by atoms with Gasteiger partial charge in [-0.15, -0.1) is 0 Å². The van der Waals surface area contributed by atoms with Gasteiger partial charge in [0, 0.05) is 24.2 Å². The number of fused-ring (bicyclic) bond motifs is 1. The van der Waals surface area contributed by atoms with E-state index in [-0.39, 0.29) is 23.2 Å². The minimum absolute atomic E-state index is 0.0396. The average Bonchev–Trinajstić information content (AvgIpc) is 3.13. The van der Waals surface area contributed by atoms with Gasteiger partial charge in [0.15, 0.2) is 10.9 Å². The van der Waals surface area contributed by atoms with E-state index in [1.54, 1.807) is 41.9 Å². The van der Waals surface area contributed by atoms with Crippen molar-refractivity contribution in [3.63, 3.8) is 0 Å². The zero-order chi connectivity index (χ0) is 19.7. The molecule has 1 aromatic heterocycles. The first-order chi connectivity index (χ1) is 13.6.